The highest BCUT2D eigenvalue weighted by molar-refractivity contribution is 5.68. The van der Waals surface area contributed by atoms with E-state index in [-0.39, 0.29) is 19.6 Å². The molecule has 0 unspecified atom stereocenters. The van der Waals surface area contributed by atoms with Crippen molar-refractivity contribution in [2.75, 3.05) is 13.2 Å². The van der Waals surface area contributed by atoms with E-state index in [1.165, 1.54) is 0 Å². The van der Waals surface area contributed by atoms with Gasteiger partial charge in [-0.1, -0.05) is 26.0 Å². The third-order valence-corrected chi connectivity index (χ3v) is 2.59. The van der Waals surface area contributed by atoms with Crippen molar-refractivity contribution in [1.29, 1.82) is 0 Å². The van der Waals surface area contributed by atoms with Gasteiger partial charge in [0.1, 0.15) is 12.4 Å². The quantitative estimate of drug-likeness (QED) is 0.793. The second-order valence-corrected chi connectivity index (χ2v) is 4.55. The second-order valence-electron chi connectivity index (χ2n) is 4.55. The summed E-state index contributed by atoms with van der Waals surface area (Å²) < 4.78 is 5.24. The molecule has 0 spiro atoms. The van der Waals surface area contributed by atoms with E-state index in [9.17, 15) is 4.79 Å². The van der Waals surface area contributed by atoms with Gasteiger partial charge in [-0.15, -0.1) is 0 Å². The second kappa shape index (κ2) is 5.68. The van der Waals surface area contributed by atoms with Crippen molar-refractivity contribution < 1.29 is 19.7 Å². The van der Waals surface area contributed by atoms with Crippen LogP contribution >= 0.6 is 0 Å². The maximum absolute atomic E-state index is 10.7. The van der Waals surface area contributed by atoms with Crippen LogP contribution in [0, 0.1) is 0 Å². The fourth-order valence-corrected chi connectivity index (χ4v) is 1.65. The molecule has 0 fully saturated rings. The molecule has 94 valence electrons. The van der Waals surface area contributed by atoms with Crippen LogP contribution in [0.4, 0.5) is 0 Å². The predicted molar refractivity (Wildman–Crippen MR) is 64.3 cm³/mol. The van der Waals surface area contributed by atoms with Crippen LogP contribution < -0.4 is 4.74 Å². The third-order valence-electron chi connectivity index (χ3n) is 2.59. The van der Waals surface area contributed by atoms with Gasteiger partial charge >= 0.3 is 5.97 Å². The van der Waals surface area contributed by atoms with Gasteiger partial charge in [-0.2, -0.15) is 0 Å². The van der Waals surface area contributed by atoms with Gasteiger partial charge in [0.15, 0.2) is 0 Å². The molecule has 0 bridgehead atoms. The summed E-state index contributed by atoms with van der Waals surface area (Å²) in [6, 6.07) is 7.29. The van der Waals surface area contributed by atoms with Crippen LogP contribution in [0.15, 0.2) is 24.3 Å². The van der Waals surface area contributed by atoms with Crippen LogP contribution in [0.25, 0.3) is 0 Å². The number of rotatable bonds is 6. The number of hydrogen-bond acceptors (Lipinski definition) is 3. The lowest BCUT2D eigenvalue weighted by molar-refractivity contribution is -0.138. The Morgan fingerprint density at radius 2 is 1.88 bits per heavy atom. The molecule has 0 atom stereocenters. The van der Waals surface area contributed by atoms with E-state index < -0.39 is 11.4 Å². The first-order valence-electron chi connectivity index (χ1n) is 5.52. The Labute approximate surface area is 101 Å². The molecule has 0 saturated heterocycles. The van der Waals surface area contributed by atoms with Crippen LogP contribution in [-0.2, 0) is 10.2 Å². The van der Waals surface area contributed by atoms with Crippen LogP contribution in [-0.4, -0.2) is 29.4 Å². The molecule has 0 aromatic heterocycles. The number of ether oxygens (including phenoxy) is 1. The Morgan fingerprint density at radius 3 is 2.35 bits per heavy atom. The standard InChI is InChI=1S/C13H18O4/c1-13(2,9-12(15)16)10-3-5-11(6-4-10)17-8-7-14/h3-6,14H,7-9H2,1-2H3,(H,15,16). The lowest BCUT2D eigenvalue weighted by Gasteiger charge is -2.23. The summed E-state index contributed by atoms with van der Waals surface area (Å²) in [4.78, 5) is 10.7. The van der Waals surface area contributed by atoms with Gasteiger partial charge in [0.2, 0.25) is 0 Å². The SMILES string of the molecule is CC(C)(CC(=O)O)c1ccc(OCCO)cc1. The summed E-state index contributed by atoms with van der Waals surface area (Å²) in [6.45, 7) is 4.03. The third kappa shape index (κ3) is 4.07. The van der Waals surface area contributed by atoms with Crippen LogP contribution in [0.2, 0.25) is 0 Å². The van der Waals surface area contributed by atoms with Crippen molar-refractivity contribution in [3.63, 3.8) is 0 Å². The van der Waals surface area contributed by atoms with Crippen LogP contribution in [0.3, 0.4) is 0 Å². The molecule has 0 radical (unpaired) electrons. The lowest BCUT2D eigenvalue weighted by atomic mass is 9.82. The average Bonchev–Trinajstić information content (AvgIpc) is 2.25. The van der Waals surface area contributed by atoms with E-state index in [0.29, 0.717) is 5.75 Å². The average molecular weight is 238 g/mol. The zero-order chi connectivity index (χ0) is 12.9. The van der Waals surface area contributed by atoms with Crippen molar-refractivity contribution in [2.24, 2.45) is 0 Å². The van der Waals surface area contributed by atoms with Gasteiger partial charge in [0.25, 0.3) is 0 Å². The number of benzene rings is 1. The zero-order valence-electron chi connectivity index (χ0n) is 10.1. The molecule has 0 aliphatic carbocycles. The highest BCUT2D eigenvalue weighted by Crippen LogP contribution is 2.28. The van der Waals surface area contributed by atoms with E-state index in [1.54, 1.807) is 12.1 Å². The smallest absolute Gasteiger partial charge is 0.304 e. The topological polar surface area (TPSA) is 66.8 Å². The van der Waals surface area contributed by atoms with E-state index in [4.69, 9.17) is 14.9 Å². The largest absolute Gasteiger partial charge is 0.491 e. The molecule has 17 heavy (non-hydrogen) atoms. The molecule has 4 heteroatoms. The minimum absolute atomic E-state index is 0.0216. The number of carbonyl (C=O) groups is 1. The fraction of sp³-hybridized carbons (Fsp3) is 0.462. The van der Waals surface area contributed by atoms with Gasteiger partial charge in [0.05, 0.1) is 13.0 Å². The molecule has 0 heterocycles. The number of hydrogen-bond donors (Lipinski definition) is 2. The highest BCUT2D eigenvalue weighted by Gasteiger charge is 2.23. The van der Waals surface area contributed by atoms with Crippen molar-refractivity contribution in [1.82, 2.24) is 0 Å². The van der Waals surface area contributed by atoms with Gasteiger partial charge in [-0.05, 0) is 17.7 Å². The predicted octanol–water partition coefficient (Wildman–Crippen LogP) is 1.81. The molecule has 0 saturated carbocycles. The van der Waals surface area contributed by atoms with Crippen molar-refractivity contribution in [2.45, 2.75) is 25.7 Å². The molecule has 0 aliphatic rings. The van der Waals surface area contributed by atoms with Crippen LogP contribution in [0.1, 0.15) is 25.8 Å². The first kappa shape index (κ1) is 13.5. The van der Waals surface area contributed by atoms with E-state index in [0.717, 1.165) is 5.56 Å². The normalized spacial score (nSPS) is 11.2. The Bertz CT molecular complexity index is 368. The summed E-state index contributed by atoms with van der Waals surface area (Å²) >= 11 is 0. The highest BCUT2D eigenvalue weighted by atomic mass is 16.5. The monoisotopic (exact) mass is 238 g/mol. The van der Waals surface area contributed by atoms with E-state index in [2.05, 4.69) is 0 Å². The van der Waals surface area contributed by atoms with Gasteiger partial charge in [-0.3, -0.25) is 4.79 Å². The molecule has 0 aliphatic heterocycles. The maximum atomic E-state index is 10.7. The number of aliphatic carboxylic acids is 1. The fourth-order valence-electron chi connectivity index (χ4n) is 1.65. The summed E-state index contributed by atoms with van der Waals surface area (Å²) in [5.41, 5.74) is 0.553. The van der Waals surface area contributed by atoms with E-state index >= 15 is 0 Å². The number of aliphatic hydroxyl groups is 1. The lowest BCUT2D eigenvalue weighted by Crippen LogP contribution is -2.21. The summed E-state index contributed by atoms with van der Waals surface area (Å²) in [7, 11) is 0. The Balaban J connectivity index is 2.75. The molecule has 1 rings (SSSR count). The first-order valence-corrected chi connectivity index (χ1v) is 5.52. The Kier molecular flexibility index (Phi) is 4.52. The van der Waals surface area contributed by atoms with Crippen molar-refractivity contribution in [3.05, 3.63) is 29.8 Å². The molecule has 1 aromatic carbocycles. The Hall–Kier alpha value is -1.55. The molecule has 1 aromatic rings. The van der Waals surface area contributed by atoms with Crippen molar-refractivity contribution in [3.8, 4) is 5.75 Å². The Morgan fingerprint density at radius 1 is 1.29 bits per heavy atom. The molecule has 2 N–H and O–H groups in total. The molecule has 4 nitrogen and oxygen atoms in total. The molecular weight excluding hydrogens is 220 g/mol. The number of carboxylic acids is 1. The molecular formula is C13H18O4. The minimum atomic E-state index is -0.810. The van der Waals surface area contributed by atoms with Gasteiger partial charge in [0, 0.05) is 5.41 Å². The van der Waals surface area contributed by atoms with Crippen molar-refractivity contribution >= 4 is 5.97 Å². The van der Waals surface area contributed by atoms with Gasteiger partial charge in [-0.25, -0.2) is 0 Å². The summed E-state index contributed by atoms with van der Waals surface area (Å²) in [6.07, 6.45) is 0.0871. The summed E-state index contributed by atoms with van der Waals surface area (Å²) in [5.74, 6) is -0.135. The number of aliphatic hydroxyl groups excluding tert-OH is 1. The maximum Gasteiger partial charge on any atom is 0.304 e. The minimum Gasteiger partial charge on any atom is -0.491 e. The summed E-state index contributed by atoms with van der Waals surface area (Å²) in [5, 5.41) is 17.4. The first-order chi connectivity index (χ1) is 7.95. The zero-order valence-corrected chi connectivity index (χ0v) is 10.1. The van der Waals surface area contributed by atoms with E-state index in [1.807, 2.05) is 26.0 Å². The van der Waals surface area contributed by atoms with Crippen LogP contribution in [0.5, 0.6) is 5.75 Å². The number of carboxylic acid groups (broad SMARTS) is 1. The molecule has 0 amide bonds. The van der Waals surface area contributed by atoms with Gasteiger partial charge < -0.3 is 14.9 Å².